The summed E-state index contributed by atoms with van der Waals surface area (Å²) in [6.07, 6.45) is 21.0. The molecule has 1 unspecified atom stereocenters. The lowest BCUT2D eigenvalue weighted by molar-refractivity contribution is -0.141. The lowest BCUT2D eigenvalue weighted by Crippen LogP contribution is -2.42. The Kier molecular flexibility index (Phi) is 14.8. The van der Waals surface area contributed by atoms with Gasteiger partial charge in [0.05, 0.1) is 0 Å². The largest absolute Gasteiger partial charge is 0.480 e. The molecule has 1 heterocycles. The minimum Gasteiger partial charge on any atom is -0.480 e. The second-order valence-corrected chi connectivity index (χ2v) is 11.3. The molecule has 0 saturated carbocycles. The van der Waals surface area contributed by atoms with Gasteiger partial charge in [-0.15, -0.1) is 0 Å². The van der Waals surface area contributed by atoms with Gasteiger partial charge in [-0.25, -0.2) is 4.79 Å². The van der Waals surface area contributed by atoms with Crippen LogP contribution in [0.5, 0.6) is 0 Å². The fraction of sp³-hybridized carbons (Fsp3) is 0.500. The maximum absolute atomic E-state index is 12.6. The van der Waals surface area contributed by atoms with Crippen molar-refractivity contribution in [3.05, 3.63) is 84.1 Å². The van der Waals surface area contributed by atoms with Crippen molar-refractivity contribution in [2.75, 3.05) is 0 Å². The summed E-state index contributed by atoms with van der Waals surface area (Å²) in [5.41, 5.74) is 3.12. The van der Waals surface area contributed by atoms with E-state index in [-0.39, 0.29) is 12.3 Å². The van der Waals surface area contributed by atoms with E-state index in [0.717, 1.165) is 47.8 Å². The summed E-state index contributed by atoms with van der Waals surface area (Å²) >= 11 is 0. The molecule has 0 aliphatic rings. The molecule has 0 aliphatic carbocycles. The number of rotatable bonds is 21. The predicted molar refractivity (Wildman–Crippen MR) is 170 cm³/mol. The highest BCUT2D eigenvalue weighted by Crippen LogP contribution is 2.23. The van der Waals surface area contributed by atoms with Gasteiger partial charge in [-0.05, 0) is 55.2 Å². The monoisotopic (exact) mass is 558 g/mol. The standard InChI is InChI=1S/C36H50N2O3/c1-2-3-4-5-6-7-8-9-10-11-12-13-14-15-19-26-35(39)37-33(36(40)41)28-32-27-31-24-20-21-25-34(31)38(32)29-30-22-17-16-18-23-30/h9-10,16-18,20-25,27,33H,2-8,11-15,19,26,28-29H2,1H3,(H,37,39)(H,40,41). The van der Waals surface area contributed by atoms with Gasteiger partial charge in [0.2, 0.25) is 5.91 Å². The van der Waals surface area contributed by atoms with E-state index in [1.54, 1.807) is 0 Å². The summed E-state index contributed by atoms with van der Waals surface area (Å²) in [5.74, 6) is -1.18. The Morgan fingerprint density at radius 2 is 1.41 bits per heavy atom. The first-order valence-electron chi connectivity index (χ1n) is 15.9. The number of nitrogens with one attached hydrogen (secondary N) is 1. The van der Waals surface area contributed by atoms with Crippen LogP contribution in [0.1, 0.15) is 108 Å². The van der Waals surface area contributed by atoms with Crippen molar-refractivity contribution < 1.29 is 14.7 Å². The first-order chi connectivity index (χ1) is 20.1. The number of aliphatic carboxylic acids is 1. The van der Waals surface area contributed by atoms with Crippen molar-refractivity contribution in [3.63, 3.8) is 0 Å². The van der Waals surface area contributed by atoms with Gasteiger partial charge in [-0.1, -0.05) is 119 Å². The van der Waals surface area contributed by atoms with Crippen molar-refractivity contribution in [2.24, 2.45) is 0 Å². The maximum Gasteiger partial charge on any atom is 0.326 e. The van der Waals surface area contributed by atoms with Crippen LogP contribution in [-0.4, -0.2) is 27.6 Å². The number of benzene rings is 2. The number of amides is 1. The average molecular weight is 559 g/mol. The summed E-state index contributed by atoms with van der Waals surface area (Å²) in [6.45, 7) is 2.91. The number of carbonyl (C=O) groups excluding carboxylic acids is 1. The molecular formula is C36H50N2O3. The van der Waals surface area contributed by atoms with Crippen LogP contribution in [0.2, 0.25) is 0 Å². The lowest BCUT2D eigenvalue weighted by Gasteiger charge is -2.17. The van der Waals surface area contributed by atoms with Gasteiger partial charge in [0, 0.05) is 30.6 Å². The molecule has 2 N–H and O–H groups in total. The predicted octanol–water partition coefficient (Wildman–Crippen LogP) is 8.84. The highest BCUT2D eigenvalue weighted by molar-refractivity contribution is 5.85. The van der Waals surface area contributed by atoms with Gasteiger partial charge < -0.3 is 15.0 Å². The third kappa shape index (κ3) is 12.0. The fourth-order valence-corrected chi connectivity index (χ4v) is 5.42. The van der Waals surface area contributed by atoms with Crippen LogP contribution in [0.3, 0.4) is 0 Å². The SMILES string of the molecule is CCCCCCCCC=CCCCCCCCC(=O)NC(Cc1cc2ccccc2n1Cc1ccccc1)C(=O)O. The maximum atomic E-state index is 12.6. The van der Waals surface area contributed by atoms with Gasteiger partial charge in [0.15, 0.2) is 0 Å². The van der Waals surface area contributed by atoms with Crippen LogP contribution < -0.4 is 5.32 Å². The quantitative estimate of drug-likeness (QED) is 0.101. The Morgan fingerprint density at radius 1 is 0.805 bits per heavy atom. The van der Waals surface area contributed by atoms with Gasteiger partial charge in [-0.3, -0.25) is 4.79 Å². The number of para-hydroxylation sites is 1. The van der Waals surface area contributed by atoms with Gasteiger partial charge in [-0.2, -0.15) is 0 Å². The second kappa shape index (κ2) is 18.9. The molecule has 5 nitrogen and oxygen atoms in total. The molecule has 1 aromatic heterocycles. The minimum absolute atomic E-state index is 0.180. The number of nitrogens with zero attached hydrogens (tertiary/aromatic N) is 1. The molecule has 0 radical (unpaired) electrons. The number of hydrogen-bond acceptors (Lipinski definition) is 2. The van der Waals surface area contributed by atoms with Crippen LogP contribution >= 0.6 is 0 Å². The number of carboxylic acids is 1. The summed E-state index contributed by atoms with van der Waals surface area (Å²) in [5, 5.41) is 13.8. The molecule has 1 atom stereocenters. The molecule has 2 aromatic carbocycles. The Bertz CT molecular complexity index is 1200. The molecule has 0 saturated heterocycles. The molecule has 3 rings (SSSR count). The zero-order valence-corrected chi connectivity index (χ0v) is 25.0. The molecule has 3 aromatic rings. The van der Waals surface area contributed by atoms with Crippen molar-refractivity contribution >= 4 is 22.8 Å². The zero-order chi connectivity index (χ0) is 29.1. The molecule has 0 fully saturated rings. The Balaban J connectivity index is 1.37. The topological polar surface area (TPSA) is 71.3 Å². The number of carboxylic acid groups (broad SMARTS) is 1. The van der Waals surface area contributed by atoms with Crippen molar-refractivity contribution in [2.45, 2.75) is 116 Å². The first-order valence-corrected chi connectivity index (χ1v) is 15.9. The Morgan fingerprint density at radius 3 is 2.10 bits per heavy atom. The first kappa shape index (κ1) is 32.2. The second-order valence-electron chi connectivity index (χ2n) is 11.3. The zero-order valence-electron chi connectivity index (χ0n) is 25.0. The van der Waals surface area contributed by atoms with Crippen LogP contribution in [0, 0.1) is 0 Å². The van der Waals surface area contributed by atoms with E-state index < -0.39 is 12.0 Å². The van der Waals surface area contributed by atoms with Crippen LogP contribution in [0.15, 0.2) is 72.8 Å². The van der Waals surface area contributed by atoms with E-state index in [4.69, 9.17) is 0 Å². The molecule has 222 valence electrons. The van der Waals surface area contributed by atoms with Gasteiger partial charge >= 0.3 is 5.97 Å². The lowest BCUT2D eigenvalue weighted by atomic mass is 10.1. The van der Waals surface area contributed by atoms with Gasteiger partial charge in [0.1, 0.15) is 6.04 Å². The van der Waals surface area contributed by atoms with Crippen LogP contribution in [0.4, 0.5) is 0 Å². The molecular weight excluding hydrogens is 508 g/mol. The molecule has 0 bridgehead atoms. The highest BCUT2D eigenvalue weighted by Gasteiger charge is 2.23. The number of aromatic nitrogens is 1. The molecule has 0 aliphatic heterocycles. The van der Waals surface area contributed by atoms with E-state index in [2.05, 4.69) is 47.2 Å². The third-order valence-corrected chi connectivity index (χ3v) is 7.79. The van der Waals surface area contributed by atoms with Crippen LogP contribution in [-0.2, 0) is 22.6 Å². The summed E-state index contributed by atoms with van der Waals surface area (Å²) in [6, 6.07) is 19.3. The smallest absolute Gasteiger partial charge is 0.326 e. The van der Waals surface area contributed by atoms with E-state index in [0.29, 0.717) is 13.0 Å². The number of unbranched alkanes of at least 4 members (excludes halogenated alkanes) is 11. The fourth-order valence-electron chi connectivity index (χ4n) is 5.42. The van der Waals surface area contributed by atoms with Crippen LogP contribution in [0.25, 0.3) is 10.9 Å². The third-order valence-electron chi connectivity index (χ3n) is 7.79. The van der Waals surface area contributed by atoms with Gasteiger partial charge in [0.25, 0.3) is 0 Å². The average Bonchev–Trinajstić information content (AvgIpc) is 3.31. The van der Waals surface area contributed by atoms with Crippen molar-refractivity contribution in [3.8, 4) is 0 Å². The summed E-state index contributed by atoms with van der Waals surface area (Å²) in [7, 11) is 0. The normalized spacial score (nSPS) is 12.2. The highest BCUT2D eigenvalue weighted by atomic mass is 16.4. The van der Waals surface area contributed by atoms with E-state index in [1.165, 1.54) is 57.8 Å². The molecule has 41 heavy (non-hydrogen) atoms. The van der Waals surface area contributed by atoms with E-state index in [9.17, 15) is 14.7 Å². The van der Waals surface area contributed by atoms with Crippen molar-refractivity contribution in [1.29, 1.82) is 0 Å². The van der Waals surface area contributed by atoms with E-state index >= 15 is 0 Å². The number of fused-ring (bicyclic) bond motifs is 1. The van der Waals surface area contributed by atoms with Crippen molar-refractivity contribution in [1.82, 2.24) is 9.88 Å². The Hall–Kier alpha value is -3.34. The number of hydrogen-bond donors (Lipinski definition) is 2. The summed E-state index contributed by atoms with van der Waals surface area (Å²) < 4.78 is 2.16. The summed E-state index contributed by atoms with van der Waals surface area (Å²) in [4.78, 5) is 24.7. The molecule has 0 spiro atoms. The molecule has 5 heteroatoms. The minimum atomic E-state index is -1.00. The number of allylic oxidation sites excluding steroid dienone is 2. The Labute approximate surface area is 247 Å². The van der Waals surface area contributed by atoms with E-state index in [1.807, 2.05) is 42.5 Å². The molecule has 1 amide bonds. The number of carbonyl (C=O) groups is 2.